The Labute approximate surface area is 77.9 Å². The number of hydrogen-bond donors (Lipinski definition) is 1. The molecule has 0 aliphatic carbocycles. The van der Waals surface area contributed by atoms with Gasteiger partial charge in [-0.05, 0) is 17.9 Å². The quantitative estimate of drug-likeness (QED) is 0.716. The van der Waals surface area contributed by atoms with Crippen molar-refractivity contribution in [3.63, 3.8) is 0 Å². The predicted molar refractivity (Wildman–Crippen MR) is 57.9 cm³/mol. The summed E-state index contributed by atoms with van der Waals surface area (Å²) in [6, 6.07) is 6.20. The molecule has 1 rings (SSSR count). The van der Waals surface area contributed by atoms with Gasteiger partial charge in [-0.25, -0.2) is 0 Å². The van der Waals surface area contributed by atoms with Gasteiger partial charge in [-0.2, -0.15) is 0 Å². The number of anilines is 1. The summed E-state index contributed by atoms with van der Waals surface area (Å²) in [4.78, 5) is 1.26. The molecule has 0 fully saturated rings. The molecule has 0 saturated heterocycles. The first kappa shape index (κ1) is 9.20. The van der Waals surface area contributed by atoms with Crippen LogP contribution in [-0.2, 0) is 0 Å². The molecular formula is C10H13NS. The zero-order valence-electron chi connectivity index (χ0n) is 7.42. The van der Waals surface area contributed by atoms with E-state index in [1.807, 2.05) is 19.2 Å². The predicted octanol–water partition coefficient (Wildman–Crippen LogP) is 3.09. The van der Waals surface area contributed by atoms with E-state index in [2.05, 4.69) is 30.3 Å². The maximum atomic E-state index is 3.77. The number of rotatable bonds is 3. The van der Waals surface area contributed by atoms with E-state index in [-0.39, 0.29) is 0 Å². The summed E-state index contributed by atoms with van der Waals surface area (Å²) in [6.07, 6.45) is 3.94. The molecule has 0 aliphatic rings. The molecular weight excluding hydrogens is 166 g/mol. The summed E-state index contributed by atoms with van der Waals surface area (Å²) in [5.74, 6) is 0. The van der Waals surface area contributed by atoms with Crippen LogP contribution in [0.25, 0.3) is 6.08 Å². The van der Waals surface area contributed by atoms with Crippen LogP contribution in [0, 0.1) is 0 Å². The molecule has 0 amide bonds. The monoisotopic (exact) mass is 179 g/mol. The van der Waals surface area contributed by atoms with Gasteiger partial charge in [0, 0.05) is 11.9 Å². The highest BCUT2D eigenvalue weighted by Crippen LogP contribution is 2.28. The maximum absolute atomic E-state index is 3.77. The van der Waals surface area contributed by atoms with Crippen LogP contribution in [0.15, 0.2) is 29.7 Å². The molecule has 0 heterocycles. The second-order valence-corrected chi connectivity index (χ2v) is 3.23. The van der Waals surface area contributed by atoms with Gasteiger partial charge >= 0.3 is 0 Å². The molecule has 1 nitrogen and oxygen atoms in total. The summed E-state index contributed by atoms with van der Waals surface area (Å²) >= 11 is 1.74. The first-order valence-electron chi connectivity index (χ1n) is 3.80. The van der Waals surface area contributed by atoms with Crippen molar-refractivity contribution in [3.05, 3.63) is 30.3 Å². The van der Waals surface area contributed by atoms with Crippen molar-refractivity contribution in [3.8, 4) is 0 Å². The Morgan fingerprint density at radius 2 is 2.25 bits per heavy atom. The van der Waals surface area contributed by atoms with E-state index in [9.17, 15) is 0 Å². The standard InChI is InChI=1S/C10H13NS/c1-4-8-6-5-7-9(12-3)10(8)11-2/h4-7,11H,1H2,2-3H3. The number of benzene rings is 1. The average Bonchev–Trinajstić information content (AvgIpc) is 2.16. The van der Waals surface area contributed by atoms with Crippen molar-refractivity contribution in [2.24, 2.45) is 0 Å². The van der Waals surface area contributed by atoms with Crippen LogP contribution in [0.2, 0.25) is 0 Å². The fraction of sp³-hybridized carbons (Fsp3) is 0.200. The lowest BCUT2D eigenvalue weighted by Gasteiger charge is -2.09. The van der Waals surface area contributed by atoms with E-state index >= 15 is 0 Å². The molecule has 1 N–H and O–H groups in total. The number of para-hydroxylation sites is 1. The summed E-state index contributed by atoms with van der Waals surface area (Å²) in [5.41, 5.74) is 2.32. The highest BCUT2D eigenvalue weighted by molar-refractivity contribution is 7.98. The Morgan fingerprint density at radius 3 is 2.75 bits per heavy atom. The topological polar surface area (TPSA) is 12.0 Å². The van der Waals surface area contributed by atoms with Gasteiger partial charge in [0.25, 0.3) is 0 Å². The molecule has 0 aromatic heterocycles. The van der Waals surface area contributed by atoms with Crippen molar-refractivity contribution in [1.82, 2.24) is 0 Å². The maximum Gasteiger partial charge on any atom is 0.0549 e. The third-order valence-corrected chi connectivity index (χ3v) is 2.53. The van der Waals surface area contributed by atoms with Gasteiger partial charge in [0.05, 0.1) is 5.69 Å². The van der Waals surface area contributed by atoms with Crippen LogP contribution in [0.4, 0.5) is 5.69 Å². The summed E-state index contributed by atoms with van der Waals surface area (Å²) < 4.78 is 0. The zero-order chi connectivity index (χ0) is 8.97. The highest BCUT2D eigenvalue weighted by Gasteiger charge is 2.01. The van der Waals surface area contributed by atoms with E-state index in [0.717, 1.165) is 5.56 Å². The molecule has 2 heteroatoms. The molecule has 12 heavy (non-hydrogen) atoms. The van der Waals surface area contributed by atoms with Gasteiger partial charge in [0.2, 0.25) is 0 Å². The van der Waals surface area contributed by atoms with Gasteiger partial charge in [-0.15, -0.1) is 11.8 Å². The third-order valence-electron chi connectivity index (χ3n) is 1.75. The minimum atomic E-state index is 1.16. The number of hydrogen-bond acceptors (Lipinski definition) is 2. The van der Waals surface area contributed by atoms with E-state index in [4.69, 9.17) is 0 Å². The minimum absolute atomic E-state index is 1.16. The summed E-state index contributed by atoms with van der Waals surface area (Å²) in [6.45, 7) is 3.77. The van der Waals surface area contributed by atoms with Crippen molar-refractivity contribution in [1.29, 1.82) is 0 Å². The molecule has 1 aromatic rings. The Bertz CT molecular complexity index is 281. The number of thioether (sulfide) groups is 1. The lowest BCUT2D eigenvalue weighted by atomic mass is 10.2. The third kappa shape index (κ3) is 1.64. The molecule has 1 aromatic carbocycles. The fourth-order valence-corrected chi connectivity index (χ4v) is 1.79. The van der Waals surface area contributed by atoms with Crippen LogP contribution in [-0.4, -0.2) is 13.3 Å². The molecule has 0 bridgehead atoms. The van der Waals surface area contributed by atoms with Crippen molar-refractivity contribution >= 4 is 23.5 Å². The van der Waals surface area contributed by atoms with Gasteiger partial charge < -0.3 is 5.32 Å². The van der Waals surface area contributed by atoms with Crippen LogP contribution >= 0.6 is 11.8 Å². The molecule has 0 radical (unpaired) electrons. The van der Waals surface area contributed by atoms with Gasteiger partial charge in [0.15, 0.2) is 0 Å². The van der Waals surface area contributed by atoms with Crippen molar-refractivity contribution in [2.45, 2.75) is 4.90 Å². The summed E-state index contributed by atoms with van der Waals surface area (Å²) in [5, 5.41) is 3.17. The first-order valence-corrected chi connectivity index (χ1v) is 5.03. The van der Waals surface area contributed by atoms with Gasteiger partial charge in [-0.3, -0.25) is 0 Å². The van der Waals surface area contributed by atoms with Crippen LogP contribution in [0.3, 0.4) is 0 Å². The van der Waals surface area contributed by atoms with E-state index < -0.39 is 0 Å². The smallest absolute Gasteiger partial charge is 0.0549 e. The lowest BCUT2D eigenvalue weighted by Crippen LogP contribution is -1.93. The minimum Gasteiger partial charge on any atom is -0.387 e. The van der Waals surface area contributed by atoms with Crippen molar-refractivity contribution in [2.75, 3.05) is 18.6 Å². The first-order chi connectivity index (χ1) is 5.83. The molecule has 0 atom stereocenters. The normalized spacial score (nSPS) is 9.50. The van der Waals surface area contributed by atoms with Crippen LogP contribution in [0.5, 0.6) is 0 Å². The van der Waals surface area contributed by atoms with Crippen LogP contribution < -0.4 is 5.32 Å². The average molecular weight is 179 g/mol. The Kier molecular flexibility index (Phi) is 3.23. The second kappa shape index (κ2) is 4.21. The fourth-order valence-electron chi connectivity index (χ4n) is 1.16. The lowest BCUT2D eigenvalue weighted by molar-refractivity contribution is 1.37. The molecule has 64 valence electrons. The van der Waals surface area contributed by atoms with E-state index in [1.165, 1.54) is 10.6 Å². The SMILES string of the molecule is C=Cc1cccc(SC)c1NC. The molecule has 0 saturated carbocycles. The van der Waals surface area contributed by atoms with E-state index in [0.29, 0.717) is 0 Å². The van der Waals surface area contributed by atoms with E-state index in [1.54, 1.807) is 11.8 Å². The molecule has 0 aliphatic heterocycles. The Balaban J connectivity index is 3.21. The van der Waals surface area contributed by atoms with Gasteiger partial charge in [0.1, 0.15) is 0 Å². The van der Waals surface area contributed by atoms with Gasteiger partial charge in [-0.1, -0.05) is 24.8 Å². The van der Waals surface area contributed by atoms with Crippen LogP contribution in [0.1, 0.15) is 5.56 Å². The highest BCUT2D eigenvalue weighted by atomic mass is 32.2. The molecule has 0 spiro atoms. The largest absolute Gasteiger partial charge is 0.387 e. The zero-order valence-corrected chi connectivity index (χ0v) is 8.24. The Hall–Kier alpha value is -0.890. The Morgan fingerprint density at radius 1 is 1.50 bits per heavy atom. The number of nitrogens with one attached hydrogen (secondary N) is 1. The van der Waals surface area contributed by atoms with Crippen molar-refractivity contribution < 1.29 is 0 Å². The molecule has 0 unspecified atom stereocenters. The summed E-state index contributed by atoms with van der Waals surface area (Å²) in [7, 11) is 1.93. The second-order valence-electron chi connectivity index (χ2n) is 2.38.